The van der Waals surface area contributed by atoms with Gasteiger partial charge >= 0.3 is 0 Å². The Morgan fingerprint density at radius 1 is 1.26 bits per heavy atom. The molecular weight excluding hydrogens is 338 g/mol. The van der Waals surface area contributed by atoms with Gasteiger partial charge < -0.3 is 10.0 Å². The Bertz CT molecular complexity index is 907. The quantitative estimate of drug-likeness (QED) is 0.908. The Morgan fingerprint density at radius 3 is 2.63 bits per heavy atom. The summed E-state index contributed by atoms with van der Waals surface area (Å²) in [7, 11) is 2.01. The van der Waals surface area contributed by atoms with Crippen molar-refractivity contribution in [2.45, 2.75) is 51.6 Å². The van der Waals surface area contributed by atoms with Gasteiger partial charge in [-0.15, -0.1) is 0 Å². The van der Waals surface area contributed by atoms with Crippen molar-refractivity contribution in [3.05, 3.63) is 29.5 Å². The summed E-state index contributed by atoms with van der Waals surface area (Å²) in [6.07, 6.45) is 6.82. The smallest absolute Gasteiger partial charge is 0.225 e. The van der Waals surface area contributed by atoms with E-state index in [1.54, 1.807) is 0 Å². The van der Waals surface area contributed by atoms with Gasteiger partial charge in [0, 0.05) is 36.9 Å². The molecule has 1 saturated heterocycles. The normalized spacial score (nSPS) is 29.5. The van der Waals surface area contributed by atoms with Crippen molar-refractivity contribution in [1.82, 2.24) is 14.7 Å². The largest absolute Gasteiger partial charge is 0.390 e. The number of carbonyl (C=O) groups is 1. The van der Waals surface area contributed by atoms with Gasteiger partial charge in [0.15, 0.2) is 0 Å². The van der Waals surface area contributed by atoms with Crippen molar-refractivity contribution in [2.24, 2.45) is 24.3 Å². The first-order chi connectivity index (χ1) is 12.7. The predicted molar refractivity (Wildman–Crippen MR) is 104 cm³/mol. The topological polar surface area (TPSA) is 58.4 Å². The minimum absolute atomic E-state index is 0.0572. The van der Waals surface area contributed by atoms with Crippen molar-refractivity contribution < 1.29 is 9.90 Å². The second-order valence-electron chi connectivity index (χ2n) is 9.89. The monoisotopic (exact) mass is 367 g/mol. The van der Waals surface area contributed by atoms with Crippen LogP contribution in [0.2, 0.25) is 0 Å². The summed E-state index contributed by atoms with van der Waals surface area (Å²) in [5, 5.41) is 15.5. The van der Waals surface area contributed by atoms with Crippen molar-refractivity contribution >= 4 is 16.8 Å². The van der Waals surface area contributed by atoms with Gasteiger partial charge in [0.05, 0.1) is 17.3 Å². The summed E-state index contributed by atoms with van der Waals surface area (Å²) in [4.78, 5) is 14.5. The van der Waals surface area contributed by atoms with Crippen LogP contribution in [0.4, 0.5) is 0 Å². The molecule has 1 aromatic carbocycles. The zero-order valence-corrected chi connectivity index (χ0v) is 16.5. The van der Waals surface area contributed by atoms with E-state index < -0.39 is 5.60 Å². The van der Waals surface area contributed by atoms with Crippen molar-refractivity contribution in [3.63, 3.8) is 0 Å². The van der Waals surface area contributed by atoms with Crippen LogP contribution in [0.5, 0.6) is 0 Å². The minimum Gasteiger partial charge on any atom is -0.390 e. The van der Waals surface area contributed by atoms with Crippen LogP contribution in [0, 0.1) is 24.2 Å². The molecule has 2 saturated carbocycles. The van der Waals surface area contributed by atoms with E-state index in [0.717, 1.165) is 25.4 Å². The first-order valence-corrected chi connectivity index (χ1v) is 10.2. The molecular formula is C22H29N3O2. The number of hydrogen-bond donors (Lipinski definition) is 1. The van der Waals surface area contributed by atoms with Crippen LogP contribution in [-0.2, 0) is 18.3 Å². The third-order valence-electron chi connectivity index (χ3n) is 7.19. The van der Waals surface area contributed by atoms with E-state index >= 15 is 0 Å². The van der Waals surface area contributed by atoms with Gasteiger partial charge in [-0.25, -0.2) is 0 Å². The Labute approximate surface area is 160 Å². The number of aromatic nitrogens is 2. The molecule has 5 rings (SSSR count). The Morgan fingerprint density at radius 2 is 1.96 bits per heavy atom. The van der Waals surface area contributed by atoms with Crippen molar-refractivity contribution in [1.29, 1.82) is 0 Å². The Balaban J connectivity index is 1.16. The van der Waals surface area contributed by atoms with Gasteiger partial charge in [-0.3, -0.25) is 9.48 Å². The second kappa shape index (κ2) is 5.57. The molecule has 0 bridgehead atoms. The molecule has 2 aliphatic carbocycles. The molecule has 144 valence electrons. The van der Waals surface area contributed by atoms with Gasteiger partial charge in [-0.2, -0.15) is 5.10 Å². The summed E-state index contributed by atoms with van der Waals surface area (Å²) in [5.74, 6) is 1.06. The summed E-state index contributed by atoms with van der Waals surface area (Å²) >= 11 is 0. The first-order valence-electron chi connectivity index (χ1n) is 10.2. The van der Waals surface area contributed by atoms with E-state index in [0.29, 0.717) is 18.3 Å². The molecule has 1 aromatic heterocycles. The molecule has 0 unspecified atom stereocenters. The van der Waals surface area contributed by atoms with Crippen molar-refractivity contribution in [3.8, 4) is 0 Å². The van der Waals surface area contributed by atoms with Gasteiger partial charge in [-0.05, 0) is 69.1 Å². The van der Waals surface area contributed by atoms with E-state index in [1.807, 2.05) is 29.7 Å². The number of benzene rings is 1. The lowest BCUT2D eigenvalue weighted by Crippen LogP contribution is -2.66. The van der Waals surface area contributed by atoms with E-state index in [4.69, 9.17) is 0 Å². The zero-order chi connectivity index (χ0) is 19.0. The fraction of sp³-hybridized carbons (Fsp3) is 0.636. The maximum Gasteiger partial charge on any atom is 0.225 e. The number of nitrogens with zero attached hydrogens (tertiary/aromatic N) is 3. The SMILES string of the molecule is Cc1cc(CC2CC3(C2)CN(C(=O)[C@H]2C[C@@](C)(O)C2)C3)cc2c1cnn2C. The van der Waals surface area contributed by atoms with Crippen LogP contribution >= 0.6 is 0 Å². The molecule has 1 spiro atoms. The molecule has 0 atom stereocenters. The molecule has 2 aromatic rings. The number of fused-ring (bicyclic) bond motifs is 1. The summed E-state index contributed by atoms with van der Waals surface area (Å²) < 4.78 is 1.96. The third-order valence-corrected chi connectivity index (χ3v) is 7.19. The number of aryl methyl sites for hydroxylation is 2. The second-order valence-corrected chi connectivity index (χ2v) is 9.89. The lowest BCUT2D eigenvalue weighted by atomic mass is 9.56. The number of carbonyl (C=O) groups excluding carboxylic acids is 1. The van der Waals surface area contributed by atoms with Crippen molar-refractivity contribution in [2.75, 3.05) is 13.1 Å². The average molecular weight is 367 g/mol. The molecule has 1 amide bonds. The summed E-state index contributed by atoms with van der Waals surface area (Å²) in [6.45, 7) is 5.86. The van der Waals surface area contributed by atoms with Crippen LogP contribution < -0.4 is 0 Å². The molecule has 1 aliphatic heterocycles. The maximum absolute atomic E-state index is 12.5. The maximum atomic E-state index is 12.5. The molecule has 1 N–H and O–H groups in total. The first kappa shape index (κ1) is 17.2. The standard InChI is InChI=1S/C22H29N3O2/c1-14-4-15(6-19-18(14)11-23-24(19)3)5-16-7-22(8-16)12-25(13-22)20(26)17-9-21(2,27)10-17/h4,6,11,16-17,27H,5,7-10,12-13H2,1-3H3/t17-,21+. The van der Waals surface area contributed by atoms with Crippen LogP contribution in [-0.4, -0.2) is 44.4 Å². The van der Waals surface area contributed by atoms with Crippen LogP contribution in [0.1, 0.15) is 43.7 Å². The highest BCUT2D eigenvalue weighted by Crippen LogP contribution is 2.54. The lowest BCUT2D eigenvalue weighted by molar-refractivity contribution is -0.171. The molecule has 2 heterocycles. The number of hydrogen-bond acceptors (Lipinski definition) is 3. The molecule has 3 aliphatic rings. The zero-order valence-electron chi connectivity index (χ0n) is 16.5. The van der Waals surface area contributed by atoms with E-state index in [2.05, 4.69) is 24.2 Å². The summed E-state index contributed by atoms with van der Waals surface area (Å²) in [5.41, 5.74) is 3.71. The third kappa shape index (κ3) is 2.78. The fourth-order valence-corrected chi connectivity index (χ4v) is 5.87. The van der Waals surface area contributed by atoms with Crippen LogP contribution in [0.15, 0.2) is 18.3 Å². The number of rotatable bonds is 3. The highest BCUT2D eigenvalue weighted by molar-refractivity contribution is 5.83. The van der Waals surface area contributed by atoms with Gasteiger partial charge in [0.1, 0.15) is 0 Å². The minimum atomic E-state index is -0.614. The highest BCUT2D eigenvalue weighted by Gasteiger charge is 2.55. The molecule has 27 heavy (non-hydrogen) atoms. The van der Waals surface area contributed by atoms with E-state index in [-0.39, 0.29) is 11.8 Å². The number of amides is 1. The van der Waals surface area contributed by atoms with E-state index in [9.17, 15) is 9.90 Å². The molecule has 0 radical (unpaired) electrons. The molecule has 5 heteroatoms. The fourth-order valence-electron chi connectivity index (χ4n) is 5.87. The van der Waals surface area contributed by atoms with Crippen LogP contribution in [0.25, 0.3) is 10.9 Å². The number of aliphatic hydroxyl groups is 1. The molecule has 5 nitrogen and oxygen atoms in total. The Kier molecular flexibility index (Phi) is 3.55. The predicted octanol–water partition coefficient (Wildman–Crippen LogP) is 2.82. The molecule has 3 fully saturated rings. The van der Waals surface area contributed by atoms with Crippen LogP contribution in [0.3, 0.4) is 0 Å². The number of likely N-dealkylation sites (tertiary alicyclic amines) is 1. The highest BCUT2D eigenvalue weighted by atomic mass is 16.3. The van der Waals surface area contributed by atoms with Gasteiger partial charge in [0.25, 0.3) is 0 Å². The van der Waals surface area contributed by atoms with Gasteiger partial charge in [-0.1, -0.05) is 6.07 Å². The average Bonchev–Trinajstić information content (AvgIpc) is 2.87. The summed E-state index contributed by atoms with van der Waals surface area (Å²) in [6, 6.07) is 4.60. The Hall–Kier alpha value is -1.88. The van der Waals surface area contributed by atoms with Gasteiger partial charge in [0.2, 0.25) is 5.91 Å². The lowest BCUT2D eigenvalue weighted by Gasteiger charge is -2.60. The van der Waals surface area contributed by atoms with E-state index in [1.165, 1.54) is 34.9 Å².